The molecule has 0 aromatic carbocycles. The summed E-state index contributed by atoms with van der Waals surface area (Å²) < 4.78 is 0. The van der Waals surface area contributed by atoms with E-state index in [9.17, 15) is 4.79 Å². The molecule has 2 fully saturated rings. The molecule has 0 radical (unpaired) electrons. The van der Waals surface area contributed by atoms with Crippen molar-refractivity contribution in [2.45, 2.75) is 44.1 Å². The fraction of sp³-hybridized carbons (Fsp3) is 0.474. The molecule has 1 saturated heterocycles. The van der Waals surface area contributed by atoms with E-state index >= 15 is 0 Å². The van der Waals surface area contributed by atoms with Gasteiger partial charge >= 0.3 is 0 Å². The molecule has 1 amide bonds. The van der Waals surface area contributed by atoms with Crippen LogP contribution in [0.4, 0.5) is 5.82 Å². The number of rotatable bonds is 4. The number of nitrogens with one attached hydrogen (secondary N) is 1. The van der Waals surface area contributed by atoms with Crippen molar-refractivity contribution in [3.05, 3.63) is 48.2 Å². The Morgan fingerprint density at radius 1 is 1.08 bits per heavy atom. The summed E-state index contributed by atoms with van der Waals surface area (Å²) in [6, 6.07) is 5.85. The SMILES string of the molecule is O=C(NC1CCN(c2cc(C3CCC3)ncn2)CC1)c1ccncc1. The van der Waals surface area contributed by atoms with Gasteiger partial charge in [-0.2, -0.15) is 0 Å². The van der Waals surface area contributed by atoms with Gasteiger partial charge in [0.15, 0.2) is 0 Å². The highest BCUT2D eigenvalue weighted by Gasteiger charge is 2.24. The van der Waals surface area contributed by atoms with Crippen molar-refractivity contribution in [2.75, 3.05) is 18.0 Å². The van der Waals surface area contributed by atoms with E-state index in [2.05, 4.69) is 31.2 Å². The predicted molar refractivity (Wildman–Crippen MR) is 95.6 cm³/mol. The normalized spacial score (nSPS) is 18.6. The lowest BCUT2D eigenvalue weighted by Gasteiger charge is -2.33. The maximum absolute atomic E-state index is 12.3. The van der Waals surface area contributed by atoms with E-state index in [4.69, 9.17) is 0 Å². The van der Waals surface area contributed by atoms with E-state index in [-0.39, 0.29) is 11.9 Å². The van der Waals surface area contributed by atoms with Gasteiger partial charge < -0.3 is 10.2 Å². The summed E-state index contributed by atoms with van der Waals surface area (Å²) in [7, 11) is 0. The maximum atomic E-state index is 12.3. The Labute approximate surface area is 147 Å². The lowest BCUT2D eigenvalue weighted by Crippen LogP contribution is -2.45. The van der Waals surface area contributed by atoms with Crippen LogP contribution in [0.25, 0.3) is 0 Å². The lowest BCUT2D eigenvalue weighted by molar-refractivity contribution is 0.0931. The average molecular weight is 337 g/mol. The molecule has 6 heteroatoms. The fourth-order valence-corrected chi connectivity index (χ4v) is 3.49. The second kappa shape index (κ2) is 7.17. The third kappa shape index (κ3) is 3.62. The quantitative estimate of drug-likeness (QED) is 0.928. The van der Waals surface area contributed by atoms with Gasteiger partial charge in [-0.3, -0.25) is 9.78 Å². The lowest BCUT2D eigenvalue weighted by atomic mass is 9.83. The summed E-state index contributed by atoms with van der Waals surface area (Å²) in [5, 5.41) is 3.13. The number of anilines is 1. The first-order chi connectivity index (χ1) is 12.3. The maximum Gasteiger partial charge on any atom is 0.251 e. The van der Waals surface area contributed by atoms with Crippen molar-refractivity contribution in [1.82, 2.24) is 20.3 Å². The molecule has 2 aliphatic rings. The highest BCUT2D eigenvalue weighted by atomic mass is 16.1. The van der Waals surface area contributed by atoms with Crippen LogP contribution in [-0.2, 0) is 0 Å². The summed E-state index contributed by atoms with van der Waals surface area (Å²) in [4.78, 5) is 27.4. The second-order valence-corrected chi connectivity index (χ2v) is 6.90. The molecule has 0 unspecified atom stereocenters. The number of pyridine rings is 1. The fourth-order valence-electron chi connectivity index (χ4n) is 3.49. The van der Waals surface area contributed by atoms with E-state index in [1.807, 2.05) is 0 Å². The molecule has 0 bridgehead atoms. The Morgan fingerprint density at radius 2 is 1.84 bits per heavy atom. The summed E-state index contributed by atoms with van der Waals surface area (Å²) in [6.07, 6.45) is 10.7. The molecule has 1 saturated carbocycles. The molecule has 6 nitrogen and oxygen atoms in total. The van der Waals surface area contributed by atoms with Gasteiger partial charge in [-0.1, -0.05) is 6.42 Å². The largest absolute Gasteiger partial charge is 0.356 e. The third-order valence-corrected chi connectivity index (χ3v) is 5.29. The standard InChI is InChI=1S/C19H23N5O/c25-19(15-4-8-20-9-5-15)23-16-6-10-24(11-7-16)18-12-17(21-13-22-18)14-2-1-3-14/h4-5,8-9,12-14,16H,1-3,6-7,10-11H2,(H,23,25). The Kier molecular flexibility index (Phi) is 4.59. The van der Waals surface area contributed by atoms with Gasteiger partial charge in [0.05, 0.1) is 0 Å². The molecule has 0 spiro atoms. The summed E-state index contributed by atoms with van der Waals surface area (Å²) >= 11 is 0. The van der Waals surface area contributed by atoms with Crippen LogP contribution in [0, 0.1) is 0 Å². The first-order valence-corrected chi connectivity index (χ1v) is 9.07. The highest BCUT2D eigenvalue weighted by Crippen LogP contribution is 2.36. The van der Waals surface area contributed by atoms with Crippen LogP contribution in [0.3, 0.4) is 0 Å². The molecular formula is C19H23N5O. The summed E-state index contributed by atoms with van der Waals surface area (Å²) in [5.74, 6) is 1.63. The van der Waals surface area contributed by atoms with E-state index in [1.165, 1.54) is 25.0 Å². The van der Waals surface area contributed by atoms with Crippen molar-refractivity contribution >= 4 is 11.7 Å². The predicted octanol–water partition coefficient (Wildman–Crippen LogP) is 2.54. The first-order valence-electron chi connectivity index (χ1n) is 9.07. The second-order valence-electron chi connectivity index (χ2n) is 6.90. The smallest absolute Gasteiger partial charge is 0.251 e. The molecule has 4 rings (SSSR count). The minimum atomic E-state index is -0.0184. The number of carbonyl (C=O) groups is 1. The molecule has 0 atom stereocenters. The Balaban J connectivity index is 1.33. The van der Waals surface area contributed by atoms with Crippen LogP contribution >= 0.6 is 0 Å². The van der Waals surface area contributed by atoms with Gasteiger partial charge in [-0.25, -0.2) is 9.97 Å². The molecule has 2 aromatic rings. The minimum Gasteiger partial charge on any atom is -0.356 e. The molecule has 130 valence electrons. The number of nitrogens with zero attached hydrogens (tertiary/aromatic N) is 4. The van der Waals surface area contributed by atoms with E-state index in [1.54, 1.807) is 30.9 Å². The van der Waals surface area contributed by atoms with Crippen LogP contribution in [0.15, 0.2) is 36.9 Å². The van der Waals surface area contributed by atoms with Crippen LogP contribution < -0.4 is 10.2 Å². The molecular weight excluding hydrogens is 314 g/mol. The number of amides is 1. The van der Waals surface area contributed by atoms with Gasteiger partial charge in [0.25, 0.3) is 5.91 Å². The van der Waals surface area contributed by atoms with Gasteiger partial charge in [-0.15, -0.1) is 0 Å². The van der Waals surface area contributed by atoms with E-state index < -0.39 is 0 Å². The van der Waals surface area contributed by atoms with Crippen LogP contribution in [0.2, 0.25) is 0 Å². The highest BCUT2D eigenvalue weighted by molar-refractivity contribution is 5.94. The van der Waals surface area contributed by atoms with Crippen molar-refractivity contribution in [1.29, 1.82) is 0 Å². The monoisotopic (exact) mass is 337 g/mol. The zero-order chi connectivity index (χ0) is 17.1. The molecule has 3 heterocycles. The Hall–Kier alpha value is -2.50. The van der Waals surface area contributed by atoms with E-state index in [0.29, 0.717) is 11.5 Å². The van der Waals surface area contributed by atoms with Crippen molar-refractivity contribution in [3.8, 4) is 0 Å². The molecule has 25 heavy (non-hydrogen) atoms. The Morgan fingerprint density at radius 3 is 2.52 bits per heavy atom. The zero-order valence-electron chi connectivity index (χ0n) is 14.3. The third-order valence-electron chi connectivity index (χ3n) is 5.29. The van der Waals surface area contributed by atoms with Gasteiger partial charge in [0, 0.05) is 54.8 Å². The summed E-state index contributed by atoms with van der Waals surface area (Å²) in [6.45, 7) is 1.81. The number of hydrogen-bond donors (Lipinski definition) is 1. The number of piperidine rings is 1. The minimum absolute atomic E-state index is 0.0184. The topological polar surface area (TPSA) is 71.0 Å². The van der Waals surface area contributed by atoms with Crippen molar-refractivity contribution in [2.24, 2.45) is 0 Å². The Bertz CT molecular complexity index is 724. The van der Waals surface area contributed by atoms with Gasteiger partial charge in [0.1, 0.15) is 12.1 Å². The van der Waals surface area contributed by atoms with Crippen molar-refractivity contribution in [3.63, 3.8) is 0 Å². The number of carbonyl (C=O) groups excluding carboxylic acids is 1. The molecule has 2 aromatic heterocycles. The van der Waals surface area contributed by atoms with Crippen LogP contribution in [0.5, 0.6) is 0 Å². The molecule has 1 aliphatic heterocycles. The van der Waals surface area contributed by atoms with Crippen LogP contribution in [0.1, 0.15) is 54.1 Å². The van der Waals surface area contributed by atoms with Crippen LogP contribution in [-0.4, -0.2) is 40.0 Å². The molecule has 1 N–H and O–H groups in total. The number of hydrogen-bond acceptors (Lipinski definition) is 5. The average Bonchev–Trinajstić information content (AvgIpc) is 2.62. The first kappa shape index (κ1) is 16.0. The van der Waals surface area contributed by atoms with E-state index in [0.717, 1.165) is 31.7 Å². The summed E-state index contributed by atoms with van der Waals surface area (Å²) in [5.41, 5.74) is 1.85. The van der Waals surface area contributed by atoms with Gasteiger partial charge in [-0.05, 0) is 37.8 Å². The van der Waals surface area contributed by atoms with Crippen molar-refractivity contribution < 1.29 is 4.79 Å². The van der Waals surface area contributed by atoms with Gasteiger partial charge in [0.2, 0.25) is 0 Å². The molecule has 1 aliphatic carbocycles. The zero-order valence-corrected chi connectivity index (χ0v) is 14.3. The number of aromatic nitrogens is 3.